The number of carbonyl (C=O) groups is 2. The van der Waals surface area contributed by atoms with Crippen molar-refractivity contribution < 1.29 is 28.4 Å². The number of rotatable bonds is 6. The van der Waals surface area contributed by atoms with E-state index in [1.807, 2.05) is 5.43 Å². The monoisotopic (exact) mass is 360 g/mol. The third-order valence-electron chi connectivity index (χ3n) is 3.73. The van der Waals surface area contributed by atoms with Gasteiger partial charge in [-0.2, -0.15) is 0 Å². The third-order valence-corrected chi connectivity index (χ3v) is 3.73. The van der Waals surface area contributed by atoms with Crippen LogP contribution in [0.2, 0.25) is 0 Å². The Morgan fingerprint density at radius 3 is 2.62 bits per heavy atom. The summed E-state index contributed by atoms with van der Waals surface area (Å²) in [5.74, 6) is -0.788. The van der Waals surface area contributed by atoms with E-state index in [1.165, 1.54) is 6.07 Å². The maximum Gasteiger partial charge on any atom is 0.307 e. The minimum absolute atomic E-state index is 0.0275. The van der Waals surface area contributed by atoms with Gasteiger partial charge < -0.3 is 9.47 Å². The number of hydrazine groups is 2. The lowest BCUT2D eigenvalue weighted by Crippen LogP contribution is -2.32. The molecule has 2 aromatic rings. The highest BCUT2D eigenvalue weighted by Crippen LogP contribution is 2.34. The Morgan fingerprint density at radius 1 is 1.31 bits per heavy atom. The van der Waals surface area contributed by atoms with Crippen LogP contribution in [0.3, 0.4) is 0 Å². The Bertz CT molecular complexity index is 869. The first-order chi connectivity index (χ1) is 12.5. The fraction of sp³-hybridized carbons (Fsp3) is 0.176. The van der Waals surface area contributed by atoms with E-state index in [9.17, 15) is 18.9 Å². The van der Waals surface area contributed by atoms with Crippen molar-refractivity contribution in [2.24, 2.45) is 0 Å². The Morgan fingerprint density at radius 2 is 2.04 bits per heavy atom. The number of amides is 1. The summed E-state index contributed by atoms with van der Waals surface area (Å²) < 4.78 is 25.2. The molecule has 1 heterocycles. The number of halogens is 1. The summed E-state index contributed by atoms with van der Waals surface area (Å²) in [4.78, 5) is 34.3. The molecule has 1 aliphatic rings. The van der Waals surface area contributed by atoms with Crippen LogP contribution in [0.25, 0.3) is 0 Å². The summed E-state index contributed by atoms with van der Waals surface area (Å²) in [7, 11) is 1.55. The van der Waals surface area contributed by atoms with Gasteiger partial charge in [0.1, 0.15) is 18.6 Å². The van der Waals surface area contributed by atoms with Crippen LogP contribution in [0, 0.1) is 10.7 Å². The molecule has 0 atom stereocenters. The first kappa shape index (κ1) is 17.3. The van der Waals surface area contributed by atoms with Crippen molar-refractivity contribution in [2.45, 2.75) is 6.61 Å². The minimum atomic E-state index is -0.850. The lowest BCUT2D eigenvalue weighted by molar-refractivity contribution is -0.591. The smallest absolute Gasteiger partial charge is 0.307 e. The van der Waals surface area contributed by atoms with E-state index in [4.69, 9.17) is 9.47 Å². The normalized spacial score (nSPS) is 13.5. The molecule has 134 valence electrons. The number of hydrogen-bond donors (Lipinski definition) is 1. The molecule has 3 rings (SSSR count). The molecule has 0 aromatic heterocycles. The lowest BCUT2D eigenvalue weighted by Gasteiger charge is -2.14. The van der Waals surface area contributed by atoms with Crippen molar-refractivity contribution in [2.75, 3.05) is 18.7 Å². The van der Waals surface area contributed by atoms with E-state index in [2.05, 4.69) is 0 Å². The van der Waals surface area contributed by atoms with E-state index in [1.54, 1.807) is 31.4 Å². The molecule has 0 saturated carbocycles. The second-order valence-electron chi connectivity index (χ2n) is 5.47. The van der Waals surface area contributed by atoms with E-state index in [0.717, 1.165) is 16.6 Å². The molecule has 8 nitrogen and oxygen atoms in total. The van der Waals surface area contributed by atoms with Crippen LogP contribution < -0.4 is 19.9 Å². The van der Waals surface area contributed by atoms with Gasteiger partial charge in [-0.05, 0) is 29.8 Å². The van der Waals surface area contributed by atoms with Crippen molar-refractivity contribution in [3.63, 3.8) is 0 Å². The quantitative estimate of drug-likeness (QED) is 0.624. The zero-order chi connectivity index (χ0) is 18.7. The molecule has 0 unspecified atom stereocenters. The molecule has 1 aliphatic heterocycles. The van der Waals surface area contributed by atoms with Gasteiger partial charge in [0.2, 0.25) is 0 Å². The summed E-state index contributed by atoms with van der Waals surface area (Å²) in [6, 6.07) is 9.29. The molecular weight excluding hydrogens is 345 g/mol. The highest BCUT2D eigenvalue weighted by Gasteiger charge is 2.40. The standard InChI is InChI=1S/C17H14FN3O5/c1-25-13-4-2-11(3-5-13)10-26-15-7-12(9-22)6-14(18)17(15)20-8-16(23)19-21(20)24/h2-7,9H,8,10H2,1H3/p+1. The number of ether oxygens (including phenoxy) is 2. The van der Waals surface area contributed by atoms with Crippen LogP contribution in [-0.4, -0.2) is 30.8 Å². The Balaban J connectivity index is 1.90. The van der Waals surface area contributed by atoms with Crippen LogP contribution in [0.1, 0.15) is 15.9 Å². The molecule has 0 bridgehead atoms. The molecular formula is C17H15FN3O5+. The predicted octanol–water partition coefficient (Wildman–Crippen LogP) is 1.77. The van der Waals surface area contributed by atoms with E-state index in [-0.39, 0.29) is 35.1 Å². The van der Waals surface area contributed by atoms with Crippen LogP contribution in [0.4, 0.5) is 10.1 Å². The zero-order valence-electron chi connectivity index (χ0n) is 13.8. The highest BCUT2D eigenvalue weighted by atomic mass is 19.1. The molecule has 0 radical (unpaired) electrons. The highest BCUT2D eigenvalue weighted by molar-refractivity contribution is 5.83. The lowest BCUT2D eigenvalue weighted by atomic mass is 10.2. The van der Waals surface area contributed by atoms with Gasteiger partial charge in [-0.1, -0.05) is 22.6 Å². The zero-order valence-corrected chi connectivity index (χ0v) is 13.8. The van der Waals surface area contributed by atoms with Gasteiger partial charge >= 0.3 is 5.91 Å². The van der Waals surface area contributed by atoms with Crippen LogP contribution >= 0.6 is 0 Å². The summed E-state index contributed by atoms with van der Waals surface area (Å²) in [6.45, 7) is -0.299. The predicted molar refractivity (Wildman–Crippen MR) is 88.2 cm³/mol. The number of nitrogens with zero attached hydrogens (tertiary/aromatic N) is 2. The molecule has 26 heavy (non-hydrogen) atoms. The van der Waals surface area contributed by atoms with Crippen LogP contribution in [0.5, 0.6) is 11.5 Å². The van der Waals surface area contributed by atoms with Crippen molar-refractivity contribution in [1.82, 2.24) is 5.43 Å². The van der Waals surface area contributed by atoms with Gasteiger partial charge in [-0.15, -0.1) is 0 Å². The fourth-order valence-corrected chi connectivity index (χ4v) is 2.48. The average Bonchev–Trinajstić information content (AvgIpc) is 2.97. The van der Waals surface area contributed by atoms with E-state index < -0.39 is 11.7 Å². The second-order valence-corrected chi connectivity index (χ2v) is 5.47. The average molecular weight is 360 g/mol. The molecule has 1 amide bonds. The van der Waals surface area contributed by atoms with Crippen molar-refractivity contribution in [3.05, 3.63) is 58.2 Å². The van der Waals surface area contributed by atoms with Gasteiger partial charge in [0, 0.05) is 5.56 Å². The third kappa shape index (κ3) is 3.46. The van der Waals surface area contributed by atoms with Crippen molar-refractivity contribution in [1.29, 1.82) is 0 Å². The Hall–Kier alpha value is -3.49. The minimum Gasteiger partial charge on any atom is -0.497 e. The van der Waals surface area contributed by atoms with Gasteiger partial charge in [0.25, 0.3) is 4.98 Å². The molecule has 2 aromatic carbocycles. The molecule has 9 heteroatoms. The number of benzene rings is 2. The number of nitroso groups, excluding NO2 is 1. The Labute approximate surface area is 147 Å². The summed E-state index contributed by atoms with van der Waals surface area (Å²) in [6.07, 6.45) is 0.468. The summed E-state index contributed by atoms with van der Waals surface area (Å²) in [5, 5.41) is 0.857. The number of nitrogens with one attached hydrogen (secondary N) is 1. The molecule has 0 spiro atoms. The van der Waals surface area contributed by atoms with Gasteiger partial charge in [-0.25, -0.2) is 4.39 Å². The topological polar surface area (TPSA) is 88.0 Å². The molecule has 1 saturated heterocycles. The van der Waals surface area contributed by atoms with Crippen molar-refractivity contribution >= 4 is 17.9 Å². The number of carbonyl (C=O) groups excluding carboxylic acids is 2. The van der Waals surface area contributed by atoms with Gasteiger partial charge in [0.05, 0.1) is 12.0 Å². The van der Waals surface area contributed by atoms with Gasteiger partial charge in [-0.3, -0.25) is 9.59 Å². The number of aldehydes is 1. The summed E-state index contributed by atoms with van der Waals surface area (Å²) in [5.41, 5.74) is 2.58. The number of anilines is 1. The van der Waals surface area contributed by atoms with Crippen LogP contribution in [0.15, 0.2) is 36.4 Å². The van der Waals surface area contributed by atoms with Crippen LogP contribution in [-0.2, 0) is 11.4 Å². The fourth-order valence-electron chi connectivity index (χ4n) is 2.48. The number of hydrogen-bond acceptors (Lipinski definition) is 5. The van der Waals surface area contributed by atoms with Crippen molar-refractivity contribution in [3.8, 4) is 11.5 Å². The number of methoxy groups -OCH3 is 1. The molecule has 1 N–H and O–H groups in total. The maximum absolute atomic E-state index is 14.5. The Kier molecular flexibility index (Phi) is 4.78. The summed E-state index contributed by atoms with van der Waals surface area (Å²) >= 11 is 0. The van der Waals surface area contributed by atoms with E-state index >= 15 is 0 Å². The largest absolute Gasteiger partial charge is 0.497 e. The SMILES string of the molecule is COc1ccc(COc2cc(C=O)cc(F)c2N2CC(=O)N[N+]2=O)cc1. The first-order valence-corrected chi connectivity index (χ1v) is 7.60. The maximum atomic E-state index is 14.5. The first-order valence-electron chi connectivity index (χ1n) is 7.60. The molecule has 1 fully saturated rings. The van der Waals surface area contributed by atoms with E-state index in [0.29, 0.717) is 12.0 Å². The van der Waals surface area contributed by atoms with Gasteiger partial charge in [0.15, 0.2) is 23.8 Å². The molecule has 0 aliphatic carbocycles. The second kappa shape index (κ2) is 7.18.